The summed E-state index contributed by atoms with van der Waals surface area (Å²) < 4.78 is 84.3. The first-order valence-corrected chi connectivity index (χ1v) is 11.2. The number of nitrogens with zero attached hydrogens (tertiary/aromatic N) is 3. The van der Waals surface area contributed by atoms with E-state index in [0.29, 0.717) is 30.5 Å². The van der Waals surface area contributed by atoms with Gasteiger partial charge in [0.15, 0.2) is 11.5 Å². The molecule has 1 aromatic rings. The van der Waals surface area contributed by atoms with Crippen molar-refractivity contribution in [2.24, 2.45) is 16.9 Å². The highest BCUT2D eigenvalue weighted by atomic mass is 32.2. The molecule has 2 aliphatic heterocycles. The van der Waals surface area contributed by atoms with Gasteiger partial charge >= 0.3 is 12.4 Å². The second-order valence-corrected chi connectivity index (χ2v) is 9.18. The first-order valence-electron chi connectivity index (χ1n) is 10.2. The van der Waals surface area contributed by atoms with E-state index in [-0.39, 0.29) is 35.3 Å². The lowest BCUT2D eigenvalue weighted by Gasteiger charge is -2.40. The minimum absolute atomic E-state index is 0.0110. The molecule has 2 unspecified atom stereocenters. The molecule has 33 heavy (non-hydrogen) atoms. The van der Waals surface area contributed by atoms with E-state index in [1.807, 2.05) is 0 Å². The SMILES string of the molecule is C=C(C)NOc1cc(C(F)(F)F)ccc1OC1C2CCC1CN(N1CSC(C(F)(F)F)=N1)C2. The van der Waals surface area contributed by atoms with Crippen molar-refractivity contribution < 1.29 is 35.9 Å². The molecule has 0 radical (unpaired) electrons. The van der Waals surface area contributed by atoms with Gasteiger partial charge in [-0.2, -0.15) is 26.3 Å². The largest absolute Gasteiger partial charge is 0.486 e. The van der Waals surface area contributed by atoms with E-state index in [2.05, 4.69) is 17.2 Å². The van der Waals surface area contributed by atoms with Crippen molar-refractivity contribution >= 4 is 16.8 Å². The van der Waals surface area contributed by atoms with Crippen LogP contribution in [0.2, 0.25) is 0 Å². The average molecular weight is 496 g/mol. The first-order chi connectivity index (χ1) is 15.4. The van der Waals surface area contributed by atoms with E-state index < -0.39 is 23.0 Å². The maximum Gasteiger partial charge on any atom is 0.441 e. The summed E-state index contributed by atoms with van der Waals surface area (Å²) in [6.07, 6.45) is -7.73. The molecule has 2 fully saturated rings. The fraction of sp³-hybridized carbons (Fsp3) is 0.550. The fourth-order valence-corrected chi connectivity index (χ4v) is 5.02. The van der Waals surface area contributed by atoms with Gasteiger partial charge in [0.25, 0.3) is 0 Å². The van der Waals surface area contributed by atoms with Gasteiger partial charge in [-0.3, -0.25) is 0 Å². The van der Waals surface area contributed by atoms with Crippen LogP contribution in [0.4, 0.5) is 26.3 Å². The van der Waals surface area contributed by atoms with Crippen LogP contribution in [0.5, 0.6) is 11.5 Å². The van der Waals surface area contributed by atoms with Gasteiger partial charge in [0.2, 0.25) is 5.04 Å². The van der Waals surface area contributed by atoms with Crippen molar-refractivity contribution in [3.63, 3.8) is 0 Å². The highest BCUT2D eigenvalue weighted by molar-refractivity contribution is 8.14. The van der Waals surface area contributed by atoms with Gasteiger partial charge in [-0.25, -0.2) is 15.6 Å². The van der Waals surface area contributed by atoms with Crippen LogP contribution in [0.25, 0.3) is 0 Å². The highest BCUT2D eigenvalue weighted by Gasteiger charge is 2.47. The van der Waals surface area contributed by atoms with E-state index in [9.17, 15) is 26.3 Å². The number of piperidine rings is 1. The summed E-state index contributed by atoms with van der Waals surface area (Å²) in [7, 11) is 0. The van der Waals surface area contributed by atoms with Gasteiger partial charge < -0.3 is 9.57 Å². The Labute approximate surface area is 190 Å². The molecule has 2 heterocycles. The highest BCUT2D eigenvalue weighted by Crippen LogP contribution is 2.44. The molecule has 0 spiro atoms. The molecule has 1 aliphatic carbocycles. The summed E-state index contributed by atoms with van der Waals surface area (Å²) in [5.41, 5.74) is 1.97. The number of benzene rings is 1. The molecule has 1 aromatic carbocycles. The van der Waals surface area contributed by atoms with Crippen molar-refractivity contribution in [1.82, 2.24) is 15.6 Å². The predicted octanol–water partition coefficient (Wildman–Crippen LogP) is 5.01. The van der Waals surface area contributed by atoms with E-state index in [1.54, 1.807) is 11.9 Å². The number of ether oxygens (including phenoxy) is 1. The number of hydrogen-bond donors (Lipinski definition) is 1. The topological polar surface area (TPSA) is 49.3 Å². The number of allylic oxidation sites excluding steroid dienone is 1. The number of rotatable bonds is 6. The third kappa shape index (κ3) is 5.29. The molecule has 1 saturated carbocycles. The number of thioether (sulfide) groups is 1. The standard InChI is InChI=1S/C20H22F6N4O2S/c1-11(2)28-32-16-7-14(19(21,22)23)5-6-15(16)31-17-12-3-4-13(17)9-29(8-12)30-10-33-18(27-30)20(24,25)26/h5-7,12-13,17,28H,1,3-4,8-10H2,2H3. The molecule has 1 saturated heterocycles. The van der Waals surface area contributed by atoms with E-state index in [4.69, 9.17) is 9.57 Å². The number of hydrogen-bond acceptors (Lipinski definition) is 7. The van der Waals surface area contributed by atoms with Gasteiger partial charge in [-0.15, -0.1) is 5.10 Å². The number of hydrazone groups is 1. The maximum absolute atomic E-state index is 13.2. The van der Waals surface area contributed by atoms with Crippen molar-refractivity contribution in [2.75, 3.05) is 19.0 Å². The lowest BCUT2D eigenvalue weighted by Crippen LogP contribution is -2.52. The Balaban J connectivity index is 1.48. The molecule has 2 atom stereocenters. The molecule has 6 nitrogen and oxygen atoms in total. The number of alkyl halides is 6. The molecule has 1 N–H and O–H groups in total. The molecular weight excluding hydrogens is 474 g/mol. The average Bonchev–Trinajstić information content (AvgIpc) is 3.29. The Morgan fingerprint density at radius 1 is 1.09 bits per heavy atom. The molecule has 4 rings (SSSR count). The van der Waals surface area contributed by atoms with Crippen LogP contribution in [-0.2, 0) is 6.18 Å². The number of fused-ring (bicyclic) bond motifs is 2. The van der Waals surface area contributed by atoms with Crippen LogP contribution < -0.4 is 15.1 Å². The molecule has 3 aliphatic rings. The van der Waals surface area contributed by atoms with E-state index >= 15 is 0 Å². The molecular formula is C20H22F6N4O2S. The number of halogens is 6. The number of hydroxylamine groups is 1. The van der Waals surface area contributed by atoms with Crippen LogP contribution in [0.3, 0.4) is 0 Å². The van der Waals surface area contributed by atoms with E-state index in [1.165, 1.54) is 11.2 Å². The summed E-state index contributed by atoms with van der Waals surface area (Å²) >= 11 is 0.646. The molecule has 0 aromatic heterocycles. The minimum atomic E-state index is -4.55. The maximum atomic E-state index is 13.2. The van der Waals surface area contributed by atoms with Crippen molar-refractivity contribution in [3.05, 3.63) is 36.0 Å². The van der Waals surface area contributed by atoms with Crippen LogP contribution in [0.15, 0.2) is 35.6 Å². The van der Waals surface area contributed by atoms with Gasteiger partial charge in [0.05, 0.1) is 5.56 Å². The smallest absolute Gasteiger partial charge is 0.441 e. The second-order valence-electron chi connectivity index (χ2n) is 8.24. The van der Waals surface area contributed by atoms with E-state index in [0.717, 1.165) is 25.0 Å². The molecule has 13 heteroatoms. The zero-order valence-corrected chi connectivity index (χ0v) is 18.4. The van der Waals surface area contributed by atoms with Gasteiger partial charge in [-0.05, 0) is 38.0 Å². The Bertz CT molecular complexity index is 924. The Kier molecular flexibility index (Phi) is 6.38. The van der Waals surface area contributed by atoms with Gasteiger partial charge in [-0.1, -0.05) is 18.3 Å². The van der Waals surface area contributed by atoms with Gasteiger partial charge in [0.1, 0.15) is 12.0 Å². The second kappa shape index (κ2) is 8.82. The summed E-state index contributed by atoms with van der Waals surface area (Å²) in [4.78, 5) is 5.29. The van der Waals surface area contributed by atoms with Crippen molar-refractivity contribution in [3.8, 4) is 11.5 Å². The summed E-state index contributed by atoms with van der Waals surface area (Å²) in [6.45, 7) is 6.07. The van der Waals surface area contributed by atoms with Crippen LogP contribution in [0.1, 0.15) is 25.3 Å². The number of hydrazine groups is 1. The number of nitrogens with one attached hydrogen (secondary N) is 1. The third-order valence-electron chi connectivity index (χ3n) is 5.69. The zero-order chi connectivity index (χ0) is 24.0. The summed E-state index contributed by atoms with van der Waals surface area (Å²) in [5, 5.41) is 5.97. The first kappa shape index (κ1) is 23.9. The van der Waals surface area contributed by atoms with Crippen molar-refractivity contribution in [1.29, 1.82) is 0 Å². The lowest BCUT2D eigenvalue weighted by atomic mass is 9.96. The minimum Gasteiger partial charge on any atom is -0.486 e. The third-order valence-corrected chi connectivity index (χ3v) is 6.64. The molecule has 182 valence electrons. The zero-order valence-electron chi connectivity index (χ0n) is 17.5. The van der Waals surface area contributed by atoms with Crippen LogP contribution >= 0.6 is 11.8 Å². The predicted molar refractivity (Wildman–Crippen MR) is 110 cm³/mol. The molecule has 0 amide bonds. The quantitative estimate of drug-likeness (QED) is 0.442. The van der Waals surface area contributed by atoms with Gasteiger partial charge in [0, 0.05) is 30.6 Å². The summed E-state index contributed by atoms with van der Waals surface area (Å²) in [5.74, 6) is 0.0981. The summed E-state index contributed by atoms with van der Waals surface area (Å²) in [6, 6.07) is 3.01. The van der Waals surface area contributed by atoms with Crippen LogP contribution in [-0.4, -0.2) is 46.4 Å². The van der Waals surface area contributed by atoms with Crippen molar-refractivity contribution in [2.45, 2.75) is 38.2 Å². The lowest BCUT2D eigenvalue weighted by molar-refractivity contribution is -0.137. The molecule has 2 bridgehead atoms. The van der Waals surface area contributed by atoms with Crippen LogP contribution in [0, 0.1) is 11.8 Å². The fourth-order valence-electron chi connectivity index (χ4n) is 4.24. The normalized spacial score (nSPS) is 25.7. The monoisotopic (exact) mass is 496 g/mol. The Morgan fingerprint density at radius 3 is 2.30 bits per heavy atom. The Hall–Kier alpha value is -2.28. The Morgan fingerprint density at radius 2 is 1.76 bits per heavy atom.